The Morgan fingerprint density at radius 1 is 1.40 bits per heavy atom. The van der Waals surface area contributed by atoms with E-state index in [1.165, 1.54) is 4.90 Å². The molecule has 2 aliphatic rings. The van der Waals surface area contributed by atoms with E-state index in [0.717, 1.165) is 11.3 Å². The lowest BCUT2D eigenvalue weighted by atomic mass is 10.1. The van der Waals surface area contributed by atoms with Gasteiger partial charge in [0.25, 0.3) is 5.91 Å². The van der Waals surface area contributed by atoms with Crippen molar-refractivity contribution in [3.63, 3.8) is 0 Å². The van der Waals surface area contributed by atoms with E-state index >= 15 is 0 Å². The summed E-state index contributed by atoms with van der Waals surface area (Å²) in [6.07, 6.45) is 1.09. The highest BCUT2D eigenvalue weighted by Gasteiger charge is 2.48. The van der Waals surface area contributed by atoms with E-state index in [1.54, 1.807) is 18.0 Å². The number of hydrazone groups is 1. The van der Waals surface area contributed by atoms with E-state index in [-0.39, 0.29) is 5.91 Å². The molecule has 8 nitrogen and oxygen atoms in total. The number of nitrogens with one attached hydrogen (secondary N) is 2. The number of likely N-dealkylation sites (N-methyl/N-ethyl adjacent to an activating group) is 1. The van der Waals surface area contributed by atoms with Gasteiger partial charge < -0.3 is 9.80 Å². The van der Waals surface area contributed by atoms with Gasteiger partial charge in [0.05, 0.1) is 5.71 Å². The van der Waals surface area contributed by atoms with E-state index in [4.69, 9.17) is 0 Å². The van der Waals surface area contributed by atoms with Crippen LogP contribution in [-0.2, 0) is 4.79 Å². The lowest BCUT2D eigenvalue weighted by Gasteiger charge is -2.35. The number of nitrogens with zero attached hydrogens (tertiary/aromatic N) is 4. The highest BCUT2D eigenvalue weighted by Crippen LogP contribution is 2.23. The van der Waals surface area contributed by atoms with Crippen LogP contribution in [0.4, 0.5) is 4.79 Å². The van der Waals surface area contributed by atoms with Gasteiger partial charge in [-0.25, -0.2) is 15.2 Å². The molecule has 2 N–H and O–H groups in total. The summed E-state index contributed by atoms with van der Waals surface area (Å²) in [4.78, 5) is 31.7. The van der Waals surface area contributed by atoms with Crippen LogP contribution < -0.4 is 10.7 Å². The SMILES string of the molecule is C=CCN1C(N/N=C(/C)c2ccccc2)=NC2C1C(=O)NC(=O)N2C. The smallest absolute Gasteiger partial charge is 0.322 e. The highest BCUT2D eigenvalue weighted by molar-refractivity contribution is 6.04. The van der Waals surface area contributed by atoms with Crippen molar-refractivity contribution in [2.24, 2.45) is 10.1 Å². The minimum atomic E-state index is -0.601. The van der Waals surface area contributed by atoms with Gasteiger partial charge in [-0.1, -0.05) is 36.4 Å². The Hall–Kier alpha value is -3.16. The molecule has 1 saturated heterocycles. The number of fused-ring (bicyclic) bond motifs is 1. The molecule has 2 aliphatic heterocycles. The monoisotopic (exact) mass is 340 g/mol. The van der Waals surface area contributed by atoms with Crippen molar-refractivity contribution in [1.29, 1.82) is 0 Å². The number of benzene rings is 1. The highest BCUT2D eigenvalue weighted by atomic mass is 16.2. The van der Waals surface area contributed by atoms with Crippen LogP contribution in [0.25, 0.3) is 0 Å². The molecule has 3 amide bonds. The second-order valence-electron chi connectivity index (χ2n) is 5.83. The molecule has 1 aromatic rings. The summed E-state index contributed by atoms with van der Waals surface area (Å²) >= 11 is 0. The van der Waals surface area contributed by atoms with Crippen LogP contribution in [-0.4, -0.2) is 59.2 Å². The van der Waals surface area contributed by atoms with Crippen molar-refractivity contribution < 1.29 is 9.59 Å². The van der Waals surface area contributed by atoms with Crippen molar-refractivity contribution in [2.75, 3.05) is 13.6 Å². The quantitative estimate of drug-likeness (QED) is 0.480. The van der Waals surface area contributed by atoms with Crippen molar-refractivity contribution in [2.45, 2.75) is 19.1 Å². The molecule has 0 saturated carbocycles. The summed E-state index contributed by atoms with van der Waals surface area (Å²) in [6, 6.07) is 8.66. The van der Waals surface area contributed by atoms with Crippen molar-refractivity contribution >= 4 is 23.6 Å². The van der Waals surface area contributed by atoms with Crippen LogP contribution in [0.3, 0.4) is 0 Å². The fourth-order valence-corrected chi connectivity index (χ4v) is 2.84. The molecule has 1 aromatic carbocycles. The van der Waals surface area contributed by atoms with Crippen LogP contribution in [0, 0.1) is 0 Å². The van der Waals surface area contributed by atoms with Crippen molar-refractivity contribution in [3.05, 3.63) is 48.6 Å². The fraction of sp³-hybridized carbons (Fsp3) is 0.294. The molecule has 25 heavy (non-hydrogen) atoms. The number of amides is 3. The Balaban J connectivity index is 1.85. The Bertz CT molecular complexity index is 758. The first kappa shape index (κ1) is 16.7. The number of aliphatic imine (C=N–C) groups is 1. The lowest BCUT2D eigenvalue weighted by molar-refractivity contribution is -0.126. The normalized spacial score (nSPS) is 23.1. The molecule has 2 atom stereocenters. The molecule has 0 bridgehead atoms. The van der Waals surface area contributed by atoms with Gasteiger partial charge in [0.15, 0.2) is 12.2 Å². The second-order valence-corrected chi connectivity index (χ2v) is 5.83. The largest absolute Gasteiger partial charge is 0.325 e. The average molecular weight is 340 g/mol. The Labute approximate surface area is 145 Å². The predicted octanol–water partition coefficient (Wildman–Crippen LogP) is 0.734. The Morgan fingerprint density at radius 2 is 2.12 bits per heavy atom. The molecular formula is C17H20N6O2. The maximum Gasteiger partial charge on any atom is 0.325 e. The van der Waals surface area contributed by atoms with Crippen LogP contribution >= 0.6 is 0 Å². The topological polar surface area (TPSA) is 89.4 Å². The summed E-state index contributed by atoms with van der Waals surface area (Å²) in [7, 11) is 1.61. The maximum absolute atomic E-state index is 12.3. The number of carbonyl (C=O) groups excluding carboxylic acids is 2. The molecular weight excluding hydrogens is 320 g/mol. The maximum atomic E-state index is 12.3. The zero-order valence-electron chi connectivity index (χ0n) is 14.1. The number of rotatable bonds is 4. The average Bonchev–Trinajstić information content (AvgIpc) is 2.98. The summed E-state index contributed by atoms with van der Waals surface area (Å²) < 4.78 is 0. The van der Waals surface area contributed by atoms with E-state index in [2.05, 4.69) is 27.4 Å². The molecule has 2 heterocycles. The van der Waals surface area contributed by atoms with E-state index in [0.29, 0.717) is 12.5 Å². The molecule has 130 valence electrons. The van der Waals surface area contributed by atoms with Crippen LogP contribution in [0.5, 0.6) is 0 Å². The van der Waals surface area contributed by atoms with Crippen LogP contribution in [0.1, 0.15) is 12.5 Å². The summed E-state index contributed by atoms with van der Waals surface area (Å²) in [5, 5.41) is 6.70. The van der Waals surface area contributed by atoms with Gasteiger partial charge in [0.2, 0.25) is 5.96 Å². The van der Waals surface area contributed by atoms with Crippen LogP contribution in [0.15, 0.2) is 53.1 Å². The first-order valence-corrected chi connectivity index (χ1v) is 7.91. The van der Waals surface area contributed by atoms with E-state index < -0.39 is 18.2 Å². The molecule has 2 unspecified atom stereocenters. The van der Waals surface area contributed by atoms with Gasteiger partial charge in [0.1, 0.15) is 0 Å². The zero-order chi connectivity index (χ0) is 18.0. The van der Waals surface area contributed by atoms with Crippen LogP contribution in [0.2, 0.25) is 0 Å². The summed E-state index contributed by atoms with van der Waals surface area (Å²) in [6.45, 7) is 6.01. The first-order chi connectivity index (χ1) is 12.0. The van der Waals surface area contributed by atoms with Gasteiger partial charge in [0, 0.05) is 13.6 Å². The third-order valence-electron chi connectivity index (χ3n) is 4.20. The standard InChI is InChI=1S/C17H20N6O2/c1-4-10-23-13-14(22(3)17(25)19-15(13)24)18-16(23)21-20-11(2)12-8-6-5-7-9-12/h4-9,13-14H,1,10H2,2-3H3,(H,18,21)(H,19,24,25)/b20-11-. The Morgan fingerprint density at radius 3 is 2.80 bits per heavy atom. The number of guanidine groups is 1. The predicted molar refractivity (Wildman–Crippen MR) is 95.0 cm³/mol. The zero-order valence-corrected chi connectivity index (χ0v) is 14.1. The van der Waals surface area contributed by atoms with Gasteiger partial charge in [-0.05, 0) is 12.5 Å². The molecule has 1 fully saturated rings. The van der Waals surface area contributed by atoms with Gasteiger partial charge in [-0.2, -0.15) is 5.10 Å². The number of hydrogen-bond donors (Lipinski definition) is 2. The summed E-state index contributed by atoms with van der Waals surface area (Å²) in [5.74, 6) is 0.0566. The minimum Gasteiger partial charge on any atom is -0.322 e. The van der Waals surface area contributed by atoms with E-state index in [9.17, 15) is 9.59 Å². The van der Waals surface area contributed by atoms with Gasteiger partial charge >= 0.3 is 6.03 Å². The summed E-state index contributed by atoms with van der Waals surface area (Å²) in [5.41, 5.74) is 4.69. The number of imide groups is 1. The Kier molecular flexibility index (Phi) is 4.51. The molecule has 8 heteroatoms. The lowest BCUT2D eigenvalue weighted by Crippen LogP contribution is -2.64. The molecule has 3 rings (SSSR count). The third-order valence-corrected chi connectivity index (χ3v) is 4.20. The molecule has 0 spiro atoms. The van der Waals surface area contributed by atoms with Gasteiger partial charge in [-0.3, -0.25) is 10.1 Å². The second kappa shape index (κ2) is 6.76. The van der Waals surface area contributed by atoms with Gasteiger partial charge in [-0.15, -0.1) is 6.58 Å². The van der Waals surface area contributed by atoms with Crippen molar-refractivity contribution in [1.82, 2.24) is 20.5 Å². The van der Waals surface area contributed by atoms with Crippen molar-refractivity contribution in [3.8, 4) is 0 Å². The van der Waals surface area contributed by atoms with E-state index in [1.807, 2.05) is 37.3 Å². The molecule has 0 aliphatic carbocycles. The molecule has 0 radical (unpaired) electrons. The minimum absolute atomic E-state index is 0.376. The first-order valence-electron chi connectivity index (χ1n) is 7.91. The third kappa shape index (κ3) is 3.10. The number of hydrogen-bond acceptors (Lipinski definition) is 6. The number of urea groups is 1. The molecule has 0 aromatic heterocycles. The number of carbonyl (C=O) groups is 2. The fourth-order valence-electron chi connectivity index (χ4n) is 2.84.